The molecule has 0 saturated carbocycles. The minimum absolute atomic E-state index is 0.159. The number of nitrogens with zero attached hydrogens (tertiary/aromatic N) is 2. The number of amides is 1. The van der Waals surface area contributed by atoms with Crippen molar-refractivity contribution < 1.29 is 9.90 Å². The van der Waals surface area contributed by atoms with Gasteiger partial charge in [-0.15, -0.1) is 22.7 Å². The van der Waals surface area contributed by atoms with Crippen LogP contribution in [0.2, 0.25) is 0 Å². The van der Waals surface area contributed by atoms with Crippen molar-refractivity contribution in [3.8, 4) is 16.5 Å². The lowest BCUT2D eigenvalue weighted by Gasteiger charge is -2.11. The van der Waals surface area contributed by atoms with Gasteiger partial charge in [0.1, 0.15) is 0 Å². The second-order valence-corrected chi connectivity index (χ2v) is 9.09. The lowest BCUT2D eigenvalue weighted by molar-refractivity contribution is 0.101. The van der Waals surface area contributed by atoms with Crippen LogP contribution in [0.5, 0.6) is 5.88 Å². The minimum Gasteiger partial charge on any atom is -0.494 e. The van der Waals surface area contributed by atoms with Crippen molar-refractivity contribution in [2.45, 2.75) is 32.2 Å². The largest absolute Gasteiger partial charge is 0.494 e. The molecule has 4 nitrogen and oxygen atoms in total. The van der Waals surface area contributed by atoms with Crippen LogP contribution in [0.15, 0.2) is 40.0 Å². The van der Waals surface area contributed by atoms with Crippen molar-refractivity contribution in [1.29, 1.82) is 0 Å². The highest BCUT2D eigenvalue weighted by Gasteiger charge is 2.36. The molecule has 4 heterocycles. The Morgan fingerprint density at radius 3 is 2.37 bits per heavy atom. The van der Waals surface area contributed by atoms with Crippen LogP contribution in [-0.4, -0.2) is 26.6 Å². The van der Waals surface area contributed by atoms with Crippen LogP contribution in [0.3, 0.4) is 0 Å². The number of carbonyl (C=O) groups is 1. The predicted molar refractivity (Wildman–Crippen MR) is 116 cm³/mol. The van der Waals surface area contributed by atoms with Gasteiger partial charge in [-0.25, -0.2) is 4.99 Å². The summed E-state index contributed by atoms with van der Waals surface area (Å²) in [7, 11) is 0. The summed E-state index contributed by atoms with van der Waals surface area (Å²) >= 11 is 6.57. The zero-order valence-corrected chi connectivity index (χ0v) is 17.9. The van der Waals surface area contributed by atoms with Gasteiger partial charge in [0, 0.05) is 11.9 Å². The van der Waals surface area contributed by atoms with Gasteiger partial charge < -0.3 is 9.67 Å². The Labute approximate surface area is 174 Å². The molecule has 0 fully saturated rings. The summed E-state index contributed by atoms with van der Waals surface area (Å²) in [4.78, 5) is 18.9. The van der Waals surface area contributed by atoms with Crippen LogP contribution < -0.4 is 0 Å². The van der Waals surface area contributed by atoms with Gasteiger partial charge in [0.25, 0.3) is 5.91 Å². The topological polar surface area (TPSA) is 54.6 Å². The summed E-state index contributed by atoms with van der Waals surface area (Å²) in [6, 6.07) is 7.84. The average molecular weight is 463 g/mol. The Morgan fingerprint density at radius 2 is 1.70 bits per heavy atom. The van der Waals surface area contributed by atoms with E-state index in [0.29, 0.717) is 23.4 Å². The first-order valence-corrected chi connectivity index (χ1v) is 11.8. The number of rotatable bonds is 8. The molecule has 0 aliphatic carbocycles. The molecule has 27 heavy (non-hydrogen) atoms. The maximum atomic E-state index is 12.8. The number of carbonyl (C=O) groups excluding carboxylic acids is 1. The van der Waals surface area contributed by atoms with E-state index in [1.165, 1.54) is 11.3 Å². The van der Waals surface area contributed by atoms with Crippen molar-refractivity contribution in [2.24, 2.45) is 4.99 Å². The molecule has 0 aromatic carbocycles. The van der Waals surface area contributed by atoms with Crippen molar-refractivity contribution in [3.63, 3.8) is 0 Å². The van der Waals surface area contributed by atoms with Crippen molar-refractivity contribution >= 4 is 50.2 Å². The quantitative estimate of drug-likeness (QED) is 0.333. The van der Waals surface area contributed by atoms with E-state index in [4.69, 9.17) is 0 Å². The fourth-order valence-electron chi connectivity index (χ4n) is 3.45. The number of aliphatic imine (C=N–C) groups is 1. The van der Waals surface area contributed by atoms with Crippen LogP contribution in [0.25, 0.3) is 10.6 Å². The molecule has 0 atom stereocenters. The van der Waals surface area contributed by atoms with E-state index in [1.54, 1.807) is 11.3 Å². The highest BCUT2D eigenvalue weighted by molar-refractivity contribution is 9.09. The fraction of sp³-hybridized carbons (Fsp3) is 0.300. The lowest BCUT2D eigenvalue weighted by atomic mass is 10.1. The number of thiophene rings is 2. The third-order valence-electron chi connectivity index (χ3n) is 4.67. The molecule has 4 rings (SSSR count). The zero-order chi connectivity index (χ0) is 18.8. The number of alkyl halides is 1. The van der Waals surface area contributed by atoms with Crippen LogP contribution in [0, 0.1) is 0 Å². The Morgan fingerprint density at radius 1 is 1.00 bits per heavy atom. The van der Waals surface area contributed by atoms with E-state index in [2.05, 4.69) is 20.9 Å². The van der Waals surface area contributed by atoms with Gasteiger partial charge in [0.05, 0.1) is 32.3 Å². The molecule has 7 heteroatoms. The molecule has 0 saturated heterocycles. The second-order valence-electron chi connectivity index (χ2n) is 6.40. The SMILES string of the molecule is O=C1N=C(c2cccs2)c2c1c(-c1cccs1)n(CCCCCCBr)c2O. The van der Waals surface area contributed by atoms with Crippen molar-refractivity contribution in [2.75, 3.05) is 5.33 Å². The van der Waals surface area contributed by atoms with Crippen LogP contribution in [-0.2, 0) is 6.54 Å². The summed E-state index contributed by atoms with van der Waals surface area (Å²) < 4.78 is 1.91. The smallest absolute Gasteiger partial charge is 0.280 e. The Balaban J connectivity index is 1.76. The van der Waals surface area contributed by atoms with Crippen LogP contribution >= 0.6 is 38.6 Å². The summed E-state index contributed by atoms with van der Waals surface area (Å²) in [5.74, 6) is -0.1000. The lowest BCUT2D eigenvalue weighted by Crippen LogP contribution is -2.03. The molecule has 1 aliphatic heterocycles. The van der Waals surface area contributed by atoms with E-state index in [0.717, 1.165) is 46.5 Å². The van der Waals surface area contributed by atoms with Gasteiger partial charge in [-0.05, 0) is 35.7 Å². The normalized spacial score (nSPS) is 13.2. The first-order valence-electron chi connectivity index (χ1n) is 8.95. The Hall–Kier alpha value is -1.70. The summed E-state index contributed by atoms with van der Waals surface area (Å²) in [6.07, 6.45) is 4.37. The van der Waals surface area contributed by atoms with Gasteiger partial charge in [0.15, 0.2) is 0 Å². The molecule has 0 radical (unpaired) electrons. The predicted octanol–water partition coefficient (Wildman–Crippen LogP) is 5.93. The molecule has 3 aromatic rings. The van der Waals surface area contributed by atoms with Gasteiger partial charge in [0.2, 0.25) is 5.88 Å². The number of aromatic nitrogens is 1. The maximum absolute atomic E-state index is 12.8. The van der Waals surface area contributed by atoms with Crippen LogP contribution in [0.4, 0.5) is 0 Å². The van der Waals surface area contributed by atoms with Crippen LogP contribution in [0.1, 0.15) is 46.5 Å². The summed E-state index contributed by atoms with van der Waals surface area (Å²) in [6.45, 7) is 0.694. The molecular weight excluding hydrogens is 444 g/mol. The number of halogens is 1. The molecule has 1 N–H and O–H groups in total. The fourth-order valence-corrected chi connectivity index (χ4v) is 5.35. The molecule has 0 bridgehead atoms. The highest BCUT2D eigenvalue weighted by Crippen LogP contribution is 2.43. The van der Waals surface area contributed by atoms with Crippen molar-refractivity contribution in [3.05, 3.63) is 51.0 Å². The first kappa shape index (κ1) is 18.7. The summed E-state index contributed by atoms with van der Waals surface area (Å²) in [5.41, 5.74) is 2.53. The van der Waals surface area contributed by atoms with E-state index in [9.17, 15) is 9.90 Å². The van der Waals surface area contributed by atoms with Gasteiger partial charge in [-0.2, -0.15) is 0 Å². The molecule has 1 amide bonds. The Bertz CT molecular complexity index is 972. The first-order chi connectivity index (χ1) is 13.2. The third kappa shape index (κ3) is 3.44. The maximum Gasteiger partial charge on any atom is 0.280 e. The zero-order valence-electron chi connectivity index (χ0n) is 14.7. The van der Waals surface area contributed by atoms with E-state index in [1.807, 2.05) is 39.6 Å². The molecule has 0 unspecified atom stereocenters. The molecule has 0 spiro atoms. The van der Waals surface area contributed by atoms with Crippen molar-refractivity contribution in [1.82, 2.24) is 4.57 Å². The number of hydrogen-bond acceptors (Lipinski definition) is 4. The number of hydrogen-bond donors (Lipinski definition) is 1. The van der Waals surface area contributed by atoms with Gasteiger partial charge in [-0.1, -0.05) is 40.9 Å². The van der Waals surface area contributed by atoms with Gasteiger partial charge in [-0.3, -0.25) is 4.79 Å². The number of fused-ring (bicyclic) bond motifs is 1. The monoisotopic (exact) mass is 462 g/mol. The van der Waals surface area contributed by atoms with E-state index < -0.39 is 0 Å². The van der Waals surface area contributed by atoms with E-state index in [-0.39, 0.29) is 11.8 Å². The molecule has 3 aromatic heterocycles. The number of unbranched alkanes of at least 4 members (excludes halogenated alkanes) is 3. The average Bonchev–Trinajstić information content (AvgIpc) is 3.43. The molecular formula is C20H19BrN2O2S2. The number of aromatic hydroxyl groups is 1. The van der Waals surface area contributed by atoms with E-state index >= 15 is 0 Å². The summed E-state index contributed by atoms with van der Waals surface area (Å²) in [5, 5.41) is 16.0. The molecule has 140 valence electrons. The third-order valence-corrected chi connectivity index (χ3v) is 6.99. The highest BCUT2D eigenvalue weighted by atomic mass is 79.9. The standard InChI is InChI=1S/C20H19BrN2O2S2/c21-9-3-1-2-4-10-23-18(14-8-6-12-27-14)16-15(20(23)25)17(22-19(16)24)13-7-5-11-26-13/h5-8,11-12,25H,1-4,9-10H2. The minimum atomic E-state index is -0.259. The second kappa shape index (κ2) is 8.12. The molecule has 1 aliphatic rings. The Kier molecular flexibility index (Phi) is 5.61. The van der Waals surface area contributed by atoms with Gasteiger partial charge >= 0.3 is 0 Å².